The van der Waals surface area contributed by atoms with Gasteiger partial charge in [0.2, 0.25) is 5.91 Å². The Balaban J connectivity index is 1.66. The maximum absolute atomic E-state index is 12.1. The number of carbonyl (C=O) groups excluding carboxylic acids is 1. The summed E-state index contributed by atoms with van der Waals surface area (Å²) in [6.07, 6.45) is 4.53. The maximum Gasteiger partial charge on any atom is 0.326 e. The van der Waals surface area contributed by atoms with Gasteiger partial charge in [0.25, 0.3) is 0 Å². The quantitative estimate of drug-likeness (QED) is 0.853. The Morgan fingerprint density at radius 2 is 2.05 bits per heavy atom. The fourth-order valence-electron chi connectivity index (χ4n) is 2.58. The van der Waals surface area contributed by atoms with Gasteiger partial charge in [-0.2, -0.15) is 0 Å². The standard InChI is InChI=1S/C16H18N2O3/c19-15(17-13(16(20)21)9-11-5-6-11)10-18-8-7-12-3-1-2-4-14(12)18/h1-4,7-8,11,13H,5-6,9-10H2,(H,17,19)(H,20,21). The molecule has 1 unspecified atom stereocenters. The van der Waals surface area contributed by atoms with E-state index in [4.69, 9.17) is 0 Å². The molecule has 0 bridgehead atoms. The average molecular weight is 286 g/mol. The van der Waals surface area contributed by atoms with E-state index in [-0.39, 0.29) is 12.5 Å². The molecule has 0 spiro atoms. The van der Waals surface area contributed by atoms with Crippen LogP contribution >= 0.6 is 0 Å². The van der Waals surface area contributed by atoms with E-state index in [1.807, 2.05) is 41.1 Å². The molecule has 1 aliphatic carbocycles. The first-order valence-corrected chi connectivity index (χ1v) is 7.19. The third-order valence-electron chi connectivity index (χ3n) is 3.89. The molecule has 5 heteroatoms. The van der Waals surface area contributed by atoms with Crippen LogP contribution in [0.4, 0.5) is 0 Å². The van der Waals surface area contributed by atoms with E-state index in [0.29, 0.717) is 12.3 Å². The van der Waals surface area contributed by atoms with Crippen molar-refractivity contribution in [2.75, 3.05) is 0 Å². The highest BCUT2D eigenvalue weighted by atomic mass is 16.4. The van der Waals surface area contributed by atoms with Gasteiger partial charge in [-0.3, -0.25) is 4.79 Å². The number of carboxylic acids is 1. The van der Waals surface area contributed by atoms with Gasteiger partial charge in [-0.15, -0.1) is 0 Å². The third-order valence-corrected chi connectivity index (χ3v) is 3.89. The van der Waals surface area contributed by atoms with Crippen LogP contribution in [-0.2, 0) is 16.1 Å². The van der Waals surface area contributed by atoms with Crippen LogP contribution in [0, 0.1) is 5.92 Å². The predicted molar refractivity (Wildman–Crippen MR) is 78.8 cm³/mol. The summed E-state index contributed by atoms with van der Waals surface area (Å²) < 4.78 is 1.83. The highest BCUT2D eigenvalue weighted by molar-refractivity contribution is 5.86. The number of benzene rings is 1. The molecule has 1 saturated carbocycles. The van der Waals surface area contributed by atoms with Crippen molar-refractivity contribution in [1.29, 1.82) is 0 Å². The summed E-state index contributed by atoms with van der Waals surface area (Å²) in [6, 6.07) is 8.97. The van der Waals surface area contributed by atoms with Crippen LogP contribution in [0.2, 0.25) is 0 Å². The Kier molecular flexibility index (Phi) is 3.64. The number of aliphatic carboxylic acids is 1. The summed E-state index contributed by atoms with van der Waals surface area (Å²) in [7, 11) is 0. The molecule has 1 aromatic heterocycles. The number of fused-ring (bicyclic) bond motifs is 1. The predicted octanol–water partition coefficient (Wildman–Crippen LogP) is 2.01. The molecule has 0 aliphatic heterocycles. The number of amides is 1. The van der Waals surface area contributed by atoms with Gasteiger partial charge in [0.15, 0.2) is 0 Å². The Morgan fingerprint density at radius 3 is 2.76 bits per heavy atom. The SMILES string of the molecule is O=C(Cn1ccc2ccccc21)NC(CC1CC1)C(=O)O. The van der Waals surface area contributed by atoms with Crippen LogP contribution in [-0.4, -0.2) is 27.6 Å². The van der Waals surface area contributed by atoms with Crippen molar-refractivity contribution in [3.63, 3.8) is 0 Å². The second-order valence-corrected chi connectivity index (χ2v) is 5.64. The molecule has 1 aromatic carbocycles. The molecule has 1 heterocycles. The van der Waals surface area contributed by atoms with Gasteiger partial charge in [0, 0.05) is 11.7 Å². The van der Waals surface area contributed by atoms with Gasteiger partial charge >= 0.3 is 5.97 Å². The second kappa shape index (κ2) is 5.60. The zero-order chi connectivity index (χ0) is 14.8. The number of hydrogen-bond acceptors (Lipinski definition) is 2. The Morgan fingerprint density at radius 1 is 1.29 bits per heavy atom. The van der Waals surface area contributed by atoms with Crippen molar-refractivity contribution < 1.29 is 14.7 Å². The van der Waals surface area contributed by atoms with E-state index in [2.05, 4.69) is 5.32 Å². The lowest BCUT2D eigenvalue weighted by atomic mass is 10.1. The van der Waals surface area contributed by atoms with Crippen molar-refractivity contribution in [3.05, 3.63) is 36.5 Å². The summed E-state index contributed by atoms with van der Waals surface area (Å²) in [6.45, 7) is 0.141. The highest BCUT2D eigenvalue weighted by Gasteiger charge is 2.30. The Hall–Kier alpha value is -2.30. The van der Waals surface area contributed by atoms with E-state index in [1.165, 1.54) is 0 Å². The zero-order valence-electron chi connectivity index (χ0n) is 11.7. The molecule has 1 fully saturated rings. The van der Waals surface area contributed by atoms with Gasteiger partial charge in [-0.25, -0.2) is 4.79 Å². The van der Waals surface area contributed by atoms with E-state index in [9.17, 15) is 14.7 Å². The fourth-order valence-corrected chi connectivity index (χ4v) is 2.58. The molecule has 1 amide bonds. The minimum atomic E-state index is -0.951. The number of carboxylic acid groups (broad SMARTS) is 1. The van der Waals surface area contributed by atoms with Gasteiger partial charge in [-0.1, -0.05) is 31.0 Å². The smallest absolute Gasteiger partial charge is 0.326 e. The first-order chi connectivity index (χ1) is 10.1. The molecule has 2 aromatic rings. The molecular weight excluding hydrogens is 268 g/mol. The Labute approximate surface area is 122 Å². The lowest BCUT2D eigenvalue weighted by molar-refractivity contribution is -0.142. The van der Waals surface area contributed by atoms with Gasteiger partial charge < -0.3 is 15.0 Å². The number of para-hydroxylation sites is 1. The third kappa shape index (κ3) is 3.24. The monoisotopic (exact) mass is 286 g/mol. The second-order valence-electron chi connectivity index (χ2n) is 5.64. The molecular formula is C16H18N2O3. The molecule has 21 heavy (non-hydrogen) atoms. The summed E-state index contributed by atoms with van der Waals surface area (Å²) in [4.78, 5) is 23.3. The fraction of sp³-hybridized carbons (Fsp3) is 0.375. The van der Waals surface area contributed by atoms with Crippen molar-refractivity contribution in [2.45, 2.75) is 31.8 Å². The summed E-state index contributed by atoms with van der Waals surface area (Å²) in [5.41, 5.74) is 0.974. The molecule has 5 nitrogen and oxygen atoms in total. The first kappa shape index (κ1) is 13.7. The molecule has 1 aliphatic rings. The van der Waals surface area contributed by atoms with E-state index < -0.39 is 12.0 Å². The van der Waals surface area contributed by atoms with Crippen LogP contribution in [0.15, 0.2) is 36.5 Å². The number of carbonyl (C=O) groups is 2. The van der Waals surface area contributed by atoms with Crippen LogP contribution < -0.4 is 5.32 Å². The van der Waals surface area contributed by atoms with Crippen LogP contribution in [0.3, 0.4) is 0 Å². The zero-order valence-corrected chi connectivity index (χ0v) is 11.7. The summed E-state index contributed by atoms with van der Waals surface area (Å²) >= 11 is 0. The number of nitrogens with one attached hydrogen (secondary N) is 1. The van der Waals surface area contributed by atoms with Crippen LogP contribution in [0.5, 0.6) is 0 Å². The minimum absolute atomic E-state index is 0.141. The molecule has 3 rings (SSSR count). The number of rotatable bonds is 6. The van der Waals surface area contributed by atoms with E-state index in [0.717, 1.165) is 23.7 Å². The first-order valence-electron chi connectivity index (χ1n) is 7.19. The number of nitrogens with zero attached hydrogens (tertiary/aromatic N) is 1. The summed E-state index contributed by atoms with van der Waals surface area (Å²) in [5.74, 6) is -0.754. The summed E-state index contributed by atoms with van der Waals surface area (Å²) in [5, 5.41) is 12.9. The normalized spacial score (nSPS) is 15.8. The Bertz CT molecular complexity index is 673. The van der Waals surface area contributed by atoms with Crippen LogP contribution in [0.25, 0.3) is 10.9 Å². The number of aromatic nitrogens is 1. The number of hydrogen-bond donors (Lipinski definition) is 2. The van der Waals surface area contributed by atoms with Gasteiger partial charge in [0.05, 0.1) is 0 Å². The maximum atomic E-state index is 12.1. The van der Waals surface area contributed by atoms with E-state index in [1.54, 1.807) is 0 Å². The van der Waals surface area contributed by atoms with Gasteiger partial charge in [0.1, 0.15) is 12.6 Å². The largest absolute Gasteiger partial charge is 0.480 e. The minimum Gasteiger partial charge on any atom is -0.480 e. The lowest BCUT2D eigenvalue weighted by Gasteiger charge is -2.14. The van der Waals surface area contributed by atoms with E-state index >= 15 is 0 Å². The average Bonchev–Trinajstić information content (AvgIpc) is 3.19. The molecule has 110 valence electrons. The molecule has 2 N–H and O–H groups in total. The van der Waals surface area contributed by atoms with Crippen molar-refractivity contribution in [2.24, 2.45) is 5.92 Å². The lowest BCUT2D eigenvalue weighted by Crippen LogP contribution is -2.42. The van der Waals surface area contributed by atoms with Crippen LogP contribution in [0.1, 0.15) is 19.3 Å². The van der Waals surface area contributed by atoms with Gasteiger partial charge in [-0.05, 0) is 29.9 Å². The topological polar surface area (TPSA) is 71.3 Å². The van der Waals surface area contributed by atoms with Crippen molar-refractivity contribution >= 4 is 22.8 Å². The molecule has 0 saturated heterocycles. The molecule has 0 radical (unpaired) electrons. The van der Waals surface area contributed by atoms with Crippen molar-refractivity contribution in [3.8, 4) is 0 Å². The molecule has 1 atom stereocenters. The highest BCUT2D eigenvalue weighted by Crippen LogP contribution is 2.33. The van der Waals surface area contributed by atoms with Crippen molar-refractivity contribution in [1.82, 2.24) is 9.88 Å².